The zero-order chi connectivity index (χ0) is 16.3. The van der Waals surface area contributed by atoms with Gasteiger partial charge in [0.15, 0.2) is 11.5 Å². The number of ether oxygens (including phenoxy) is 2. The molecule has 0 amide bonds. The van der Waals surface area contributed by atoms with E-state index in [1.165, 1.54) is 20.4 Å². The van der Waals surface area contributed by atoms with Crippen LogP contribution in [0, 0.1) is 4.77 Å². The van der Waals surface area contributed by atoms with Gasteiger partial charge in [0.1, 0.15) is 0 Å². The normalized spacial score (nSPS) is 11.9. The van der Waals surface area contributed by atoms with Crippen molar-refractivity contribution in [1.29, 1.82) is 0 Å². The second-order valence-electron chi connectivity index (χ2n) is 4.02. The van der Waals surface area contributed by atoms with Crippen LogP contribution < -0.4 is 9.47 Å². The molecule has 10 heteroatoms. The number of halogens is 3. The first-order valence-electron chi connectivity index (χ1n) is 5.88. The summed E-state index contributed by atoms with van der Waals surface area (Å²) in [6, 6.07) is 4.79. The number of hydrogen-bond donors (Lipinski definition) is 1. The number of nitrogens with one attached hydrogen (secondary N) is 1. The minimum Gasteiger partial charge on any atom is -0.493 e. The molecule has 1 aromatic heterocycles. The lowest BCUT2D eigenvalue weighted by atomic mass is 10.2. The number of aromatic nitrogens is 3. The first-order chi connectivity index (χ1) is 10.4. The smallest absolute Gasteiger partial charge is 0.453 e. The minimum atomic E-state index is -4.66. The Morgan fingerprint density at radius 3 is 2.55 bits per heavy atom. The van der Waals surface area contributed by atoms with Gasteiger partial charge in [-0.2, -0.15) is 22.9 Å². The molecule has 6 nitrogen and oxygen atoms in total. The number of nitrogens with zero attached hydrogens (tertiary/aromatic N) is 3. The van der Waals surface area contributed by atoms with Gasteiger partial charge in [0.25, 0.3) is 5.82 Å². The van der Waals surface area contributed by atoms with Gasteiger partial charge < -0.3 is 9.47 Å². The summed E-state index contributed by atoms with van der Waals surface area (Å²) in [4.78, 5) is 0. The van der Waals surface area contributed by atoms with E-state index in [1.807, 2.05) is 0 Å². The van der Waals surface area contributed by atoms with Gasteiger partial charge in [-0.3, -0.25) is 0 Å². The van der Waals surface area contributed by atoms with Gasteiger partial charge >= 0.3 is 6.18 Å². The zero-order valence-electron chi connectivity index (χ0n) is 11.5. The Labute approximate surface area is 128 Å². The Morgan fingerprint density at radius 1 is 1.27 bits per heavy atom. The predicted molar refractivity (Wildman–Crippen MR) is 75.0 cm³/mol. The Bertz CT molecular complexity index is 752. The maximum absolute atomic E-state index is 12.7. The van der Waals surface area contributed by atoms with Crippen molar-refractivity contribution in [2.45, 2.75) is 6.18 Å². The minimum absolute atomic E-state index is 0.260. The molecule has 2 rings (SSSR count). The number of alkyl halides is 3. The van der Waals surface area contributed by atoms with Crippen molar-refractivity contribution in [3.8, 4) is 11.5 Å². The Morgan fingerprint density at radius 2 is 1.95 bits per heavy atom. The average molecular weight is 332 g/mol. The molecule has 0 aliphatic rings. The van der Waals surface area contributed by atoms with E-state index in [1.54, 1.807) is 18.2 Å². The highest BCUT2D eigenvalue weighted by Gasteiger charge is 2.37. The molecule has 1 aromatic carbocycles. The first kappa shape index (κ1) is 16.0. The van der Waals surface area contributed by atoms with Crippen LogP contribution in [0.3, 0.4) is 0 Å². The maximum Gasteiger partial charge on any atom is 0.453 e. The van der Waals surface area contributed by atoms with Gasteiger partial charge in [0.05, 0.1) is 20.4 Å². The molecule has 0 atom stereocenters. The van der Waals surface area contributed by atoms with Gasteiger partial charge in [-0.15, -0.1) is 5.10 Å². The molecule has 0 unspecified atom stereocenters. The van der Waals surface area contributed by atoms with Crippen molar-refractivity contribution >= 4 is 18.4 Å². The predicted octanol–water partition coefficient (Wildman–Crippen LogP) is 2.86. The summed E-state index contributed by atoms with van der Waals surface area (Å²) in [6.45, 7) is 0. The number of methoxy groups -OCH3 is 2. The van der Waals surface area contributed by atoms with Crippen LogP contribution in [0.25, 0.3) is 0 Å². The summed E-state index contributed by atoms with van der Waals surface area (Å²) in [6.07, 6.45) is -3.45. The van der Waals surface area contributed by atoms with Crippen LogP contribution in [0.1, 0.15) is 11.4 Å². The van der Waals surface area contributed by atoms with Crippen molar-refractivity contribution < 1.29 is 22.6 Å². The maximum atomic E-state index is 12.7. The number of aromatic amines is 1. The molecule has 2 aromatic rings. The van der Waals surface area contributed by atoms with Gasteiger partial charge in [-0.1, -0.05) is 0 Å². The van der Waals surface area contributed by atoms with Crippen molar-refractivity contribution in [2.75, 3.05) is 14.2 Å². The zero-order valence-corrected chi connectivity index (χ0v) is 12.3. The van der Waals surface area contributed by atoms with Crippen LogP contribution in [-0.2, 0) is 6.18 Å². The molecular weight excluding hydrogens is 321 g/mol. The fraction of sp³-hybridized carbons (Fsp3) is 0.250. The molecular formula is C12H11F3N4O2S. The highest BCUT2D eigenvalue weighted by atomic mass is 32.1. The average Bonchev–Trinajstić information content (AvgIpc) is 2.85. The second-order valence-corrected chi connectivity index (χ2v) is 4.41. The Balaban J connectivity index is 2.38. The van der Waals surface area contributed by atoms with E-state index < -0.39 is 12.0 Å². The monoisotopic (exact) mass is 332 g/mol. The van der Waals surface area contributed by atoms with Crippen LogP contribution in [0.5, 0.6) is 11.5 Å². The topological polar surface area (TPSA) is 64.4 Å². The van der Waals surface area contributed by atoms with Crippen molar-refractivity contribution in [2.24, 2.45) is 5.10 Å². The molecule has 1 N–H and O–H groups in total. The van der Waals surface area contributed by atoms with Crippen LogP contribution in [0.2, 0.25) is 0 Å². The summed E-state index contributed by atoms with van der Waals surface area (Å²) in [5.41, 5.74) is 0.508. The molecule has 22 heavy (non-hydrogen) atoms. The van der Waals surface area contributed by atoms with E-state index in [9.17, 15) is 13.2 Å². The highest BCUT2D eigenvalue weighted by Crippen LogP contribution is 2.28. The highest BCUT2D eigenvalue weighted by molar-refractivity contribution is 7.71. The van der Waals surface area contributed by atoms with Gasteiger partial charge in [0, 0.05) is 0 Å². The van der Waals surface area contributed by atoms with E-state index in [0.29, 0.717) is 21.7 Å². The molecule has 0 spiro atoms. The summed E-state index contributed by atoms with van der Waals surface area (Å²) in [5.74, 6) is -0.303. The SMILES string of the molecule is COc1ccc(C=Nn2c(C(F)(F)F)n[nH]c2=S)cc1OC. The lowest BCUT2D eigenvalue weighted by Crippen LogP contribution is -2.12. The number of benzene rings is 1. The summed E-state index contributed by atoms with van der Waals surface area (Å²) in [5, 5.41) is 8.89. The van der Waals surface area contributed by atoms with Gasteiger partial charge in [0.2, 0.25) is 4.77 Å². The summed E-state index contributed by atoms with van der Waals surface area (Å²) in [7, 11) is 2.93. The second kappa shape index (κ2) is 6.18. The lowest BCUT2D eigenvalue weighted by Gasteiger charge is -2.07. The number of H-pyrrole nitrogens is 1. The van der Waals surface area contributed by atoms with Crippen molar-refractivity contribution in [3.05, 3.63) is 34.4 Å². The molecule has 0 fully saturated rings. The van der Waals surface area contributed by atoms with Crippen molar-refractivity contribution in [1.82, 2.24) is 14.9 Å². The third-order valence-electron chi connectivity index (χ3n) is 2.63. The van der Waals surface area contributed by atoms with Crippen molar-refractivity contribution in [3.63, 3.8) is 0 Å². The van der Waals surface area contributed by atoms with E-state index in [4.69, 9.17) is 21.7 Å². The lowest BCUT2D eigenvalue weighted by molar-refractivity contribution is -0.147. The standard InChI is InChI=1S/C12H11F3N4O2S/c1-20-8-4-3-7(5-9(8)21-2)6-16-19-10(12(13,14)15)17-18-11(19)22/h3-6H,1-2H3,(H,18,22). The van der Waals surface area contributed by atoms with Crippen LogP contribution in [0.15, 0.2) is 23.3 Å². The van der Waals surface area contributed by atoms with E-state index >= 15 is 0 Å². The fourth-order valence-corrected chi connectivity index (χ4v) is 1.82. The van der Waals surface area contributed by atoms with Gasteiger partial charge in [-0.25, -0.2) is 5.10 Å². The van der Waals surface area contributed by atoms with E-state index in [0.717, 1.165) is 0 Å². The molecule has 0 saturated heterocycles. The molecule has 0 saturated carbocycles. The fourth-order valence-electron chi connectivity index (χ4n) is 1.64. The van der Waals surface area contributed by atoms with E-state index in [2.05, 4.69) is 15.3 Å². The summed E-state index contributed by atoms with van der Waals surface area (Å²) >= 11 is 4.73. The third-order valence-corrected chi connectivity index (χ3v) is 2.90. The van der Waals surface area contributed by atoms with E-state index in [-0.39, 0.29) is 4.77 Å². The molecule has 0 aliphatic heterocycles. The quantitative estimate of drug-likeness (QED) is 0.691. The largest absolute Gasteiger partial charge is 0.493 e. The molecule has 0 bridgehead atoms. The van der Waals surface area contributed by atoms with Gasteiger partial charge in [-0.05, 0) is 36.0 Å². The Kier molecular flexibility index (Phi) is 4.50. The Hall–Kier alpha value is -2.36. The molecule has 118 valence electrons. The van der Waals surface area contributed by atoms with Crippen LogP contribution in [0.4, 0.5) is 13.2 Å². The third kappa shape index (κ3) is 3.27. The summed E-state index contributed by atoms with van der Waals surface area (Å²) < 4.78 is 48.7. The first-order valence-corrected chi connectivity index (χ1v) is 6.28. The molecule has 1 heterocycles. The van der Waals surface area contributed by atoms with Crippen LogP contribution >= 0.6 is 12.2 Å². The molecule has 0 radical (unpaired) electrons. The number of rotatable bonds is 4. The molecule has 0 aliphatic carbocycles. The number of hydrogen-bond acceptors (Lipinski definition) is 5. The van der Waals surface area contributed by atoms with Crippen LogP contribution in [-0.4, -0.2) is 35.3 Å².